The highest BCUT2D eigenvalue weighted by Crippen LogP contribution is 2.37. The first-order valence-corrected chi connectivity index (χ1v) is 5.39. The first-order valence-electron chi connectivity index (χ1n) is 5.39. The molecule has 1 aromatic rings. The third-order valence-corrected chi connectivity index (χ3v) is 3.04. The topological polar surface area (TPSA) is 131 Å². The molecule has 0 aromatic carbocycles. The maximum atomic E-state index is 11.7. The van der Waals surface area contributed by atoms with Crippen molar-refractivity contribution in [3.63, 3.8) is 0 Å². The van der Waals surface area contributed by atoms with Gasteiger partial charge in [-0.2, -0.15) is 4.98 Å². The zero-order valence-electron chi connectivity index (χ0n) is 9.72. The number of nitrogen functional groups attached to an aromatic ring is 1. The summed E-state index contributed by atoms with van der Waals surface area (Å²) in [5.74, 6) is 0.0492. The number of hydrogen-bond donors (Lipinski definition) is 4. The Balaban J connectivity index is 2.42. The van der Waals surface area contributed by atoms with E-state index in [4.69, 9.17) is 15.6 Å². The molecule has 5 N–H and O–H groups in total. The summed E-state index contributed by atoms with van der Waals surface area (Å²) < 4.78 is 6.30. The largest absolute Gasteiger partial charge is 0.394 e. The number of aliphatic hydroxyl groups excluding tert-OH is 2. The molecule has 18 heavy (non-hydrogen) atoms. The predicted octanol–water partition coefficient (Wildman–Crippen LogP) is -2.17. The molecule has 0 unspecified atom stereocenters. The van der Waals surface area contributed by atoms with Gasteiger partial charge in [0.2, 0.25) is 0 Å². The quantitative estimate of drug-likeness (QED) is 0.474. The Morgan fingerprint density at radius 1 is 1.67 bits per heavy atom. The number of nitrogens with two attached hydrogens (primary N) is 1. The second-order valence-electron chi connectivity index (χ2n) is 4.42. The number of aromatic nitrogens is 2. The summed E-state index contributed by atoms with van der Waals surface area (Å²) in [6, 6.07) is 1.37. The molecule has 1 aliphatic heterocycles. The zero-order valence-corrected chi connectivity index (χ0v) is 9.72. The maximum Gasteiger partial charge on any atom is 0.351 e. The van der Waals surface area contributed by atoms with E-state index in [9.17, 15) is 15.0 Å². The fourth-order valence-electron chi connectivity index (χ4n) is 1.99. The first kappa shape index (κ1) is 13.0. The van der Waals surface area contributed by atoms with E-state index in [1.165, 1.54) is 19.2 Å². The van der Waals surface area contributed by atoms with Crippen LogP contribution in [0.15, 0.2) is 17.1 Å². The molecule has 8 heteroatoms. The zero-order chi connectivity index (χ0) is 13.5. The molecule has 0 aliphatic carbocycles. The van der Waals surface area contributed by atoms with Crippen LogP contribution in [-0.4, -0.2) is 49.3 Å². The summed E-state index contributed by atoms with van der Waals surface area (Å²) in [5, 5.41) is 29.0. The lowest BCUT2D eigenvalue weighted by molar-refractivity contribution is -0.0986. The predicted molar refractivity (Wildman–Crippen MR) is 60.5 cm³/mol. The molecule has 1 fully saturated rings. The highest BCUT2D eigenvalue weighted by molar-refractivity contribution is 5.23. The lowest BCUT2D eigenvalue weighted by Crippen LogP contribution is -2.46. The summed E-state index contributed by atoms with van der Waals surface area (Å²) in [7, 11) is 0. The van der Waals surface area contributed by atoms with Gasteiger partial charge < -0.3 is 25.8 Å². The minimum absolute atomic E-state index is 0.0492. The molecule has 0 amide bonds. The van der Waals surface area contributed by atoms with E-state index < -0.39 is 36.3 Å². The van der Waals surface area contributed by atoms with Crippen LogP contribution in [0.5, 0.6) is 0 Å². The van der Waals surface area contributed by atoms with Gasteiger partial charge in [-0.25, -0.2) is 4.79 Å². The van der Waals surface area contributed by atoms with Crippen molar-refractivity contribution < 1.29 is 20.1 Å². The molecule has 1 aromatic heterocycles. The molecule has 0 radical (unpaired) electrons. The fraction of sp³-hybridized carbons (Fsp3) is 0.600. The van der Waals surface area contributed by atoms with Crippen LogP contribution in [0.25, 0.3) is 0 Å². The molecular formula is C10H15N3O5. The molecular weight excluding hydrogens is 242 g/mol. The van der Waals surface area contributed by atoms with Gasteiger partial charge in [-0.05, 0) is 13.0 Å². The van der Waals surface area contributed by atoms with E-state index in [-0.39, 0.29) is 5.82 Å². The molecule has 2 heterocycles. The van der Waals surface area contributed by atoms with Gasteiger partial charge in [-0.15, -0.1) is 0 Å². The molecule has 0 spiro atoms. The number of ether oxygens (including phenoxy) is 1. The summed E-state index contributed by atoms with van der Waals surface area (Å²) in [6.45, 7) is 0.853. The maximum absolute atomic E-state index is 11.7. The average molecular weight is 257 g/mol. The third kappa shape index (κ3) is 1.89. The van der Waals surface area contributed by atoms with Crippen molar-refractivity contribution in [3.05, 3.63) is 22.7 Å². The highest BCUT2D eigenvalue weighted by atomic mass is 16.6. The molecule has 2 rings (SSSR count). The Morgan fingerprint density at radius 3 is 2.83 bits per heavy atom. The van der Waals surface area contributed by atoms with E-state index in [1.54, 1.807) is 0 Å². The van der Waals surface area contributed by atoms with Crippen molar-refractivity contribution in [2.24, 2.45) is 0 Å². The molecule has 100 valence electrons. The minimum Gasteiger partial charge on any atom is -0.394 e. The van der Waals surface area contributed by atoms with Crippen molar-refractivity contribution in [1.82, 2.24) is 9.55 Å². The Kier molecular flexibility index (Phi) is 3.11. The van der Waals surface area contributed by atoms with Crippen molar-refractivity contribution in [1.29, 1.82) is 0 Å². The molecule has 8 nitrogen and oxygen atoms in total. The van der Waals surface area contributed by atoms with Crippen LogP contribution in [-0.2, 0) is 4.74 Å². The van der Waals surface area contributed by atoms with Gasteiger partial charge in [0.15, 0.2) is 6.23 Å². The van der Waals surface area contributed by atoms with E-state index >= 15 is 0 Å². The first-order chi connectivity index (χ1) is 8.37. The summed E-state index contributed by atoms with van der Waals surface area (Å²) >= 11 is 0. The van der Waals surface area contributed by atoms with Crippen LogP contribution >= 0.6 is 0 Å². The molecule has 0 bridgehead atoms. The number of anilines is 1. The smallest absolute Gasteiger partial charge is 0.351 e. The standard InChI is InChI=1S/C10H15N3O5/c1-10(17)7(15)5(4-14)18-8(10)13-3-2-6(11)12-9(13)16/h2-3,5,7-8,14-15,17H,4H2,1H3,(H2,11,12,16)/t5-,7-,8-,10-/m0/s1. The Hall–Kier alpha value is -1.48. The van der Waals surface area contributed by atoms with Crippen LogP contribution in [0.2, 0.25) is 0 Å². The van der Waals surface area contributed by atoms with E-state index in [2.05, 4.69) is 4.98 Å². The van der Waals surface area contributed by atoms with Gasteiger partial charge in [0, 0.05) is 6.20 Å². The minimum atomic E-state index is -1.71. The van der Waals surface area contributed by atoms with Crippen LogP contribution < -0.4 is 11.4 Å². The third-order valence-electron chi connectivity index (χ3n) is 3.04. The average Bonchev–Trinajstić information content (AvgIpc) is 2.52. The van der Waals surface area contributed by atoms with Crippen LogP contribution in [0.3, 0.4) is 0 Å². The second kappa shape index (κ2) is 4.32. The Morgan fingerprint density at radius 2 is 2.33 bits per heavy atom. The van der Waals surface area contributed by atoms with E-state index in [0.717, 1.165) is 4.57 Å². The monoisotopic (exact) mass is 257 g/mol. The summed E-state index contributed by atoms with van der Waals surface area (Å²) in [4.78, 5) is 15.2. The van der Waals surface area contributed by atoms with Gasteiger partial charge in [0.05, 0.1) is 6.61 Å². The molecule has 1 aliphatic rings. The molecule has 1 saturated heterocycles. The van der Waals surface area contributed by atoms with Crippen molar-refractivity contribution in [3.8, 4) is 0 Å². The van der Waals surface area contributed by atoms with Crippen LogP contribution in [0, 0.1) is 0 Å². The molecule has 4 atom stereocenters. The SMILES string of the molecule is C[C@@]1(O)[C@@H](n2ccc(N)nc2=O)O[C@@H](CO)[C@@H]1O. The highest BCUT2D eigenvalue weighted by Gasteiger charge is 2.53. The number of nitrogens with zero attached hydrogens (tertiary/aromatic N) is 2. The number of rotatable bonds is 2. The van der Waals surface area contributed by atoms with Crippen molar-refractivity contribution >= 4 is 5.82 Å². The van der Waals surface area contributed by atoms with E-state index in [0.29, 0.717) is 0 Å². The normalized spacial score (nSPS) is 35.9. The lowest BCUT2D eigenvalue weighted by Gasteiger charge is -2.27. The van der Waals surface area contributed by atoms with Gasteiger partial charge in [-0.1, -0.05) is 0 Å². The van der Waals surface area contributed by atoms with Gasteiger partial charge in [-0.3, -0.25) is 4.57 Å². The van der Waals surface area contributed by atoms with Gasteiger partial charge in [0.25, 0.3) is 0 Å². The van der Waals surface area contributed by atoms with E-state index in [1.807, 2.05) is 0 Å². The Labute approximate surface area is 102 Å². The lowest BCUT2D eigenvalue weighted by atomic mass is 9.96. The van der Waals surface area contributed by atoms with Crippen molar-refractivity contribution in [2.75, 3.05) is 12.3 Å². The summed E-state index contributed by atoms with van der Waals surface area (Å²) in [6.07, 6.45) is -2.09. The van der Waals surface area contributed by atoms with Crippen LogP contribution in [0.1, 0.15) is 13.2 Å². The summed E-state index contributed by atoms with van der Waals surface area (Å²) in [5.41, 5.74) is 2.94. The van der Waals surface area contributed by atoms with Gasteiger partial charge >= 0.3 is 5.69 Å². The fourth-order valence-corrected chi connectivity index (χ4v) is 1.99. The number of hydrogen-bond acceptors (Lipinski definition) is 7. The second-order valence-corrected chi connectivity index (χ2v) is 4.42. The Bertz CT molecular complexity index is 501. The number of aliphatic hydroxyl groups is 3. The van der Waals surface area contributed by atoms with Crippen molar-refractivity contribution in [2.45, 2.75) is 31.0 Å². The van der Waals surface area contributed by atoms with Crippen LogP contribution in [0.4, 0.5) is 5.82 Å². The molecule has 0 saturated carbocycles. The van der Waals surface area contributed by atoms with Gasteiger partial charge in [0.1, 0.15) is 23.6 Å².